The second-order valence-electron chi connectivity index (χ2n) is 5.03. The lowest BCUT2D eigenvalue weighted by Crippen LogP contribution is -2.28. The second-order valence-corrected chi connectivity index (χ2v) is 5.84. The van der Waals surface area contributed by atoms with Crippen LogP contribution in [0.25, 0.3) is 0 Å². The minimum Gasteiger partial charge on any atom is -0.319 e. The number of nitriles is 1. The zero-order valence-electron chi connectivity index (χ0n) is 12.8. The Kier molecular flexibility index (Phi) is 5.97. The number of anilines is 1. The molecule has 0 aliphatic carbocycles. The van der Waals surface area contributed by atoms with Crippen LogP contribution in [0.5, 0.6) is 0 Å². The summed E-state index contributed by atoms with van der Waals surface area (Å²) in [5, 5.41) is 12.2. The molecule has 1 N–H and O–H groups in total. The standard InChI is InChI=1S/C18H14Cl2N2O2/c1-2-11-6-3-4-9-15(11)22-18(24)17(23)12(10-21)16-13(19)7-5-8-14(16)20/h3-9,12H,2H2,1H3,(H,22,24)/t12-/m1/s1. The van der Waals surface area contributed by atoms with Gasteiger partial charge in [0.1, 0.15) is 5.92 Å². The highest BCUT2D eigenvalue weighted by Gasteiger charge is 2.30. The molecule has 2 rings (SSSR count). The van der Waals surface area contributed by atoms with E-state index in [2.05, 4.69) is 5.32 Å². The van der Waals surface area contributed by atoms with Crippen LogP contribution in [0.4, 0.5) is 5.69 Å². The average molecular weight is 361 g/mol. The Bertz CT molecular complexity index is 808. The number of nitrogens with one attached hydrogen (secondary N) is 1. The number of Topliss-reactive ketones (excluding diaryl/α,β-unsaturated/α-hetero) is 1. The van der Waals surface area contributed by atoms with Gasteiger partial charge in [-0.1, -0.05) is 54.4 Å². The van der Waals surface area contributed by atoms with Crippen molar-refractivity contribution in [1.82, 2.24) is 0 Å². The normalized spacial score (nSPS) is 11.4. The maximum absolute atomic E-state index is 12.4. The lowest BCUT2D eigenvalue weighted by molar-refractivity contribution is -0.135. The van der Waals surface area contributed by atoms with Crippen LogP contribution in [0.1, 0.15) is 24.0 Å². The molecule has 122 valence electrons. The molecule has 0 spiro atoms. The van der Waals surface area contributed by atoms with Crippen molar-refractivity contribution < 1.29 is 9.59 Å². The van der Waals surface area contributed by atoms with Crippen molar-refractivity contribution in [3.63, 3.8) is 0 Å². The zero-order valence-corrected chi connectivity index (χ0v) is 14.4. The van der Waals surface area contributed by atoms with Crippen molar-refractivity contribution in [1.29, 1.82) is 5.26 Å². The highest BCUT2D eigenvalue weighted by Crippen LogP contribution is 2.32. The minimum absolute atomic E-state index is 0.146. The van der Waals surface area contributed by atoms with Crippen molar-refractivity contribution in [2.45, 2.75) is 19.3 Å². The fourth-order valence-electron chi connectivity index (χ4n) is 2.31. The van der Waals surface area contributed by atoms with E-state index in [1.807, 2.05) is 25.1 Å². The topological polar surface area (TPSA) is 70.0 Å². The summed E-state index contributed by atoms with van der Waals surface area (Å²) in [7, 11) is 0. The third-order valence-electron chi connectivity index (χ3n) is 3.55. The number of aryl methyl sites for hydroxylation is 1. The maximum Gasteiger partial charge on any atom is 0.293 e. The summed E-state index contributed by atoms with van der Waals surface area (Å²) in [6.07, 6.45) is 0.697. The van der Waals surface area contributed by atoms with Gasteiger partial charge in [-0.15, -0.1) is 0 Å². The molecule has 2 aromatic rings. The van der Waals surface area contributed by atoms with Gasteiger partial charge in [0.2, 0.25) is 5.78 Å². The van der Waals surface area contributed by atoms with Crippen LogP contribution in [-0.4, -0.2) is 11.7 Å². The van der Waals surface area contributed by atoms with Gasteiger partial charge in [-0.05, 0) is 30.2 Å². The van der Waals surface area contributed by atoms with Gasteiger partial charge in [0.25, 0.3) is 5.91 Å². The van der Waals surface area contributed by atoms with Crippen LogP contribution in [0, 0.1) is 11.3 Å². The molecule has 0 aromatic heterocycles. The SMILES string of the molecule is CCc1ccccc1NC(=O)C(=O)[C@H](C#N)c1c(Cl)cccc1Cl. The van der Waals surface area contributed by atoms with E-state index in [1.165, 1.54) is 12.1 Å². The fourth-order valence-corrected chi connectivity index (χ4v) is 2.92. The zero-order chi connectivity index (χ0) is 17.7. The summed E-state index contributed by atoms with van der Waals surface area (Å²) in [6.45, 7) is 1.94. The van der Waals surface area contributed by atoms with E-state index in [0.717, 1.165) is 5.56 Å². The number of benzene rings is 2. The third-order valence-corrected chi connectivity index (χ3v) is 4.21. The van der Waals surface area contributed by atoms with Crippen LogP contribution in [0.15, 0.2) is 42.5 Å². The van der Waals surface area contributed by atoms with Gasteiger partial charge < -0.3 is 5.32 Å². The minimum atomic E-state index is -1.36. The first kappa shape index (κ1) is 18.0. The van der Waals surface area contributed by atoms with E-state index >= 15 is 0 Å². The first-order chi connectivity index (χ1) is 11.5. The number of carbonyl (C=O) groups is 2. The van der Waals surface area contributed by atoms with Crippen LogP contribution in [-0.2, 0) is 16.0 Å². The molecule has 24 heavy (non-hydrogen) atoms. The van der Waals surface area contributed by atoms with Gasteiger partial charge in [0.05, 0.1) is 6.07 Å². The molecule has 0 bridgehead atoms. The first-order valence-corrected chi connectivity index (χ1v) is 8.01. The number of hydrogen-bond donors (Lipinski definition) is 1. The van der Waals surface area contributed by atoms with E-state index in [9.17, 15) is 14.9 Å². The van der Waals surface area contributed by atoms with Gasteiger partial charge in [-0.2, -0.15) is 5.26 Å². The number of ketones is 1. The second kappa shape index (κ2) is 7.96. The summed E-state index contributed by atoms with van der Waals surface area (Å²) >= 11 is 12.1. The lowest BCUT2D eigenvalue weighted by atomic mass is 9.95. The lowest BCUT2D eigenvalue weighted by Gasteiger charge is -2.13. The molecule has 4 nitrogen and oxygen atoms in total. The number of rotatable bonds is 5. The largest absolute Gasteiger partial charge is 0.319 e. The predicted molar refractivity (Wildman–Crippen MR) is 94.3 cm³/mol. The molecule has 0 unspecified atom stereocenters. The Labute approximate surface area is 150 Å². The number of amides is 1. The van der Waals surface area contributed by atoms with Crippen molar-refractivity contribution in [3.05, 3.63) is 63.6 Å². The Morgan fingerprint density at radius 1 is 1.12 bits per heavy atom. The highest BCUT2D eigenvalue weighted by atomic mass is 35.5. The smallest absolute Gasteiger partial charge is 0.293 e. The molecule has 6 heteroatoms. The van der Waals surface area contributed by atoms with E-state index < -0.39 is 17.6 Å². The quantitative estimate of drug-likeness (QED) is 0.804. The molecule has 0 fully saturated rings. The summed E-state index contributed by atoms with van der Waals surface area (Å²) in [6, 6.07) is 13.6. The molecule has 0 radical (unpaired) electrons. The maximum atomic E-state index is 12.4. The number of para-hydroxylation sites is 1. The van der Waals surface area contributed by atoms with Crippen LogP contribution in [0.3, 0.4) is 0 Å². The van der Waals surface area contributed by atoms with Crippen LogP contribution in [0.2, 0.25) is 10.0 Å². The van der Waals surface area contributed by atoms with Gasteiger partial charge in [0.15, 0.2) is 0 Å². The van der Waals surface area contributed by atoms with Crippen molar-refractivity contribution >= 4 is 40.6 Å². The van der Waals surface area contributed by atoms with Gasteiger partial charge in [-0.25, -0.2) is 0 Å². The molecule has 0 aliphatic rings. The van der Waals surface area contributed by atoms with E-state index in [0.29, 0.717) is 12.1 Å². The predicted octanol–water partition coefficient (Wildman–Crippen LogP) is 4.37. The van der Waals surface area contributed by atoms with Crippen molar-refractivity contribution in [3.8, 4) is 6.07 Å². The van der Waals surface area contributed by atoms with Crippen LogP contribution >= 0.6 is 23.2 Å². The average Bonchev–Trinajstić information content (AvgIpc) is 2.58. The number of carbonyl (C=O) groups excluding carboxylic acids is 2. The molecular weight excluding hydrogens is 347 g/mol. The molecule has 0 saturated heterocycles. The summed E-state index contributed by atoms with van der Waals surface area (Å²) in [4.78, 5) is 24.7. The van der Waals surface area contributed by atoms with Gasteiger partial charge in [-0.3, -0.25) is 9.59 Å². The molecule has 1 atom stereocenters. The monoisotopic (exact) mass is 360 g/mol. The number of hydrogen-bond acceptors (Lipinski definition) is 3. The fraction of sp³-hybridized carbons (Fsp3) is 0.167. The summed E-state index contributed by atoms with van der Waals surface area (Å²) < 4.78 is 0. The molecule has 0 heterocycles. The molecular formula is C18H14Cl2N2O2. The molecule has 2 aromatic carbocycles. The molecule has 0 aliphatic heterocycles. The van der Waals surface area contributed by atoms with E-state index in [1.54, 1.807) is 18.2 Å². The Hall–Kier alpha value is -2.35. The van der Waals surface area contributed by atoms with E-state index in [-0.39, 0.29) is 15.6 Å². The summed E-state index contributed by atoms with van der Waals surface area (Å²) in [5.74, 6) is -3.14. The number of halogens is 2. The van der Waals surface area contributed by atoms with Crippen LogP contribution < -0.4 is 5.32 Å². The highest BCUT2D eigenvalue weighted by molar-refractivity contribution is 6.44. The van der Waals surface area contributed by atoms with Crippen molar-refractivity contribution in [2.75, 3.05) is 5.32 Å². The van der Waals surface area contributed by atoms with Gasteiger partial charge >= 0.3 is 0 Å². The Morgan fingerprint density at radius 3 is 2.33 bits per heavy atom. The van der Waals surface area contributed by atoms with E-state index in [4.69, 9.17) is 23.2 Å². The molecule has 1 amide bonds. The number of nitrogens with zero attached hydrogens (tertiary/aromatic N) is 1. The third kappa shape index (κ3) is 3.76. The van der Waals surface area contributed by atoms with Crippen molar-refractivity contribution in [2.24, 2.45) is 0 Å². The summed E-state index contributed by atoms with van der Waals surface area (Å²) in [5.41, 5.74) is 1.58. The Morgan fingerprint density at radius 2 is 1.75 bits per heavy atom. The van der Waals surface area contributed by atoms with Gasteiger partial charge in [0, 0.05) is 21.3 Å². The Balaban J connectivity index is 2.29. The molecule has 0 saturated carbocycles. The first-order valence-electron chi connectivity index (χ1n) is 7.26.